The molecule has 0 amide bonds. The van der Waals surface area contributed by atoms with Crippen LogP contribution in [0.15, 0.2) is 18.3 Å². The van der Waals surface area contributed by atoms with Crippen molar-refractivity contribution in [1.29, 1.82) is 0 Å². The highest BCUT2D eigenvalue weighted by Crippen LogP contribution is 2.11. The van der Waals surface area contributed by atoms with Crippen LogP contribution >= 0.6 is 0 Å². The molecule has 0 aliphatic rings. The monoisotopic (exact) mass is 207 g/mol. The smallest absolute Gasteiger partial charge is 0.109 e. The summed E-state index contributed by atoms with van der Waals surface area (Å²) in [6.45, 7) is 1.29. The largest absolute Gasteiger partial charge is 0.390 e. The molecule has 1 N–H and O–H groups in total. The highest BCUT2D eigenvalue weighted by atomic mass is 16.5. The maximum atomic E-state index is 8.94. The Morgan fingerprint density at radius 1 is 1.47 bits per heavy atom. The van der Waals surface area contributed by atoms with Gasteiger partial charge in [-0.1, -0.05) is 0 Å². The minimum atomic E-state index is -0.0425. The number of pyridine rings is 1. The molecule has 5 nitrogen and oxygen atoms in total. The first-order valence-electron chi connectivity index (χ1n) is 4.76. The molecule has 0 aliphatic carbocycles. The van der Waals surface area contributed by atoms with Gasteiger partial charge in [-0.15, -0.1) is 0 Å². The summed E-state index contributed by atoms with van der Waals surface area (Å²) in [7, 11) is 1.66. The zero-order valence-electron chi connectivity index (χ0n) is 8.55. The zero-order chi connectivity index (χ0) is 10.7. The van der Waals surface area contributed by atoms with Crippen molar-refractivity contribution in [2.45, 2.75) is 13.2 Å². The summed E-state index contributed by atoms with van der Waals surface area (Å²) in [5.74, 6) is 0. The molecule has 0 unspecified atom stereocenters. The second-order valence-electron chi connectivity index (χ2n) is 3.23. The Kier molecular flexibility index (Phi) is 2.94. The lowest BCUT2D eigenvalue weighted by atomic mass is 10.3. The van der Waals surface area contributed by atoms with Gasteiger partial charge in [0.05, 0.1) is 37.2 Å². The van der Waals surface area contributed by atoms with E-state index in [-0.39, 0.29) is 6.61 Å². The fourth-order valence-corrected chi connectivity index (χ4v) is 1.45. The van der Waals surface area contributed by atoms with Gasteiger partial charge in [0.1, 0.15) is 5.52 Å². The number of rotatable bonds is 4. The normalized spacial score (nSPS) is 11.1. The molecule has 0 atom stereocenters. The molecule has 0 radical (unpaired) electrons. The first-order chi connectivity index (χ1) is 7.35. The standard InChI is InChI=1S/C10H13N3O2/c1-15-5-4-13-10-3-2-8(7-14)12-9(10)6-11-13/h2-3,6,14H,4-5,7H2,1H3. The molecule has 0 aliphatic heterocycles. The van der Waals surface area contributed by atoms with Gasteiger partial charge in [-0.2, -0.15) is 5.10 Å². The van der Waals surface area contributed by atoms with Crippen LogP contribution in [0.5, 0.6) is 0 Å². The van der Waals surface area contributed by atoms with E-state index in [1.165, 1.54) is 0 Å². The van der Waals surface area contributed by atoms with Crippen LogP contribution in [-0.4, -0.2) is 33.6 Å². The molecule has 0 saturated carbocycles. The maximum Gasteiger partial charge on any atom is 0.109 e. The van der Waals surface area contributed by atoms with E-state index in [0.717, 1.165) is 11.0 Å². The van der Waals surface area contributed by atoms with Crippen LogP contribution in [-0.2, 0) is 17.9 Å². The Morgan fingerprint density at radius 2 is 2.33 bits per heavy atom. The highest BCUT2D eigenvalue weighted by Gasteiger charge is 2.04. The third kappa shape index (κ3) is 1.98. The van der Waals surface area contributed by atoms with Crippen molar-refractivity contribution in [3.63, 3.8) is 0 Å². The van der Waals surface area contributed by atoms with E-state index in [1.54, 1.807) is 19.4 Å². The third-order valence-corrected chi connectivity index (χ3v) is 2.23. The third-order valence-electron chi connectivity index (χ3n) is 2.23. The van der Waals surface area contributed by atoms with Crippen molar-refractivity contribution < 1.29 is 9.84 Å². The van der Waals surface area contributed by atoms with Gasteiger partial charge in [-0.3, -0.25) is 4.68 Å². The first-order valence-corrected chi connectivity index (χ1v) is 4.76. The average Bonchev–Trinajstić information content (AvgIpc) is 2.68. The molecule has 2 aromatic rings. The van der Waals surface area contributed by atoms with Crippen LogP contribution in [0, 0.1) is 0 Å². The quantitative estimate of drug-likeness (QED) is 0.796. The first kappa shape index (κ1) is 10.1. The molecule has 2 heterocycles. The van der Waals surface area contributed by atoms with Crippen molar-refractivity contribution in [3.05, 3.63) is 24.0 Å². The number of hydrogen-bond donors (Lipinski definition) is 1. The van der Waals surface area contributed by atoms with E-state index < -0.39 is 0 Å². The Labute approximate surface area is 87.3 Å². The Bertz CT molecular complexity index is 453. The number of methoxy groups -OCH3 is 1. The van der Waals surface area contributed by atoms with Gasteiger partial charge in [-0.05, 0) is 12.1 Å². The van der Waals surface area contributed by atoms with E-state index in [1.807, 2.05) is 10.7 Å². The van der Waals surface area contributed by atoms with Crippen molar-refractivity contribution in [2.75, 3.05) is 13.7 Å². The van der Waals surface area contributed by atoms with Gasteiger partial charge >= 0.3 is 0 Å². The molecular weight excluding hydrogens is 194 g/mol. The summed E-state index contributed by atoms with van der Waals surface area (Å²) in [5, 5.41) is 13.1. The summed E-state index contributed by atoms with van der Waals surface area (Å²) in [6.07, 6.45) is 1.70. The summed E-state index contributed by atoms with van der Waals surface area (Å²) < 4.78 is 6.83. The van der Waals surface area contributed by atoms with Crippen LogP contribution in [0.25, 0.3) is 11.0 Å². The van der Waals surface area contributed by atoms with Crippen molar-refractivity contribution in [3.8, 4) is 0 Å². The van der Waals surface area contributed by atoms with E-state index >= 15 is 0 Å². The van der Waals surface area contributed by atoms with Gasteiger partial charge in [0.2, 0.25) is 0 Å². The van der Waals surface area contributed by atoms with Gasteiger partial charge in [-0.25, -0.2) is 4.98 Å². The zero-order valence-corrected chi connectivity index (χ0v) is 8.55. The molecule has 0 bridgehead atoms. The summed E-state index contributed by atoms with van der Waals surface area (Å²) in [6, 6.07) is 3.71. The topological polar surface area (TPSA) is 60.2 Å². The molecule has 80 valence electrons. The second-order valence-corrected chi connectivity index (χ2v) is 3.23. The van der Waals surface area contributed by atoms with Crippen LogP contribution < -0.4 is 0 Å². The Morgan fingerprint density at radius 3 is 3.07 bits per heavy atom. The predicted molar refractivity (Wildman–Crippen MR) is 55.3 cm³/mol. The lowest BCUT2D eigenvalue weighted by molar-refractivity contribution is 0.185. The number of aromatic nitrogens is 3. The van der Waals surface area contributed by atoms with Crippen LogP contribution in [0.1, 0.15) is 5.69 Å². The number of nitrogens with zero attached hydrogens (tertiary/aromatic N) is 3. The lowest BCUT2D eigenvalue weighted by Crippen LogP contribution is -2.05. The van der Waals surface area contributed by atoms with Crippen LogP contribution in [0.2, 0.25) is 0 Å². The van der Waals surface area contributed by atoms with E-state index in [9.17, 15) is 0 Å². The molecular formula is C10H13N3O2. The summed E-state index contributed by atoms with van der Waals surface area (Å²) in [4.78, 5) is 4.25. The molecule has 0 saturated heterocycles. The van der Waals surface area contributed by atoms with Gasteiger partial charge in [0, 0.05) is 7.11 Å². The fraction of sp³-hybridized carbons (Fsp3) is 0.400. The van der Waals surface area contributed by atoms with E-state index in [4.69, 9.17) is 9.84 Å². The maximum absolute atomic E-state index is 8.94. The van der Waals surface area contributed by atoms with Gasteiger partial charge in [0.15, 0.2) is 0 Å². The van der Waals surface area contributed by atoms with Crippen LogP contribution in [0.4, 0.5) is 0 Å². The number of hydrogen-bond acceptors (Lipinski definition) is 4. The molecule has 0 spiro atoms. The number of aliphatic hydroxyl groups excluding tert-OH is 1. The van der Waals surface area contributed by atoms with E-state index in [2.05, 4.69) is 10.1 Å². The van der Waals surface area contributed by atoms with Crippen molar-refractivity contribution >= 4 is 11.0 Å². The van der Waals surface area contributed by atoms with Crippen LogP contribution in [0.3, 0.4) is 0 Å². The SMILES string of the molecule is COCCn1ncc2nc(CO)ccc21. The molecule has 0 aromatic carbocycles. The molecule has 2 rings (SSSR count). The van der Waals surface area contributed by atoms with Crippen molar-refractivity contribution in [1.82, 2.24) is 14.8 Å². The predicted octanol–water partition coefficient (Wildman–Crippen LogP) is 0.570. The van der Waals surface area contributed by atoms with Gasteiger partial charge in [0.25, 0.3) is 0 Å². The highest BCUT2D eigenvalue weighted by molar-refractivity contribution is 5.74. The van der Waals surface area contributed by atoms with E-state index in [0.29, 0.717) is 18.8 Å². The van der Waals surface area contributed by atoms with Gasteiger partial charge < -0.3 is 9.84 Å². The minimum Gasteiger partial charge on any atom is -0.390 e. The number of fused-ring (bicyclic) bond motifs is 1. The second kappa shape index (κ2) is 4.37. The minimum absolute atomic E-state index is 0.0425. The average molecular weight is 207 g/mol. The molecule has 2 aromatic heterocycles. The Balaban J connectivity index is 2.34. The number of aliphatic hydroxyl groups is 1. The number of ether oxygens (including phenoxy) is 1. The molecule has 5 heteroatoms. The summed E-state index contributed by atoms with van der Waals surface area (Å²) in [5.41, 5.74) is 2.43. The fourth-order valence-electron chi connectivity index (χ4n) is 1.45. The summed E-state index contributed by atoms with van der Waals surface area (Å²) >= 11 is 0. The molecule has 0 fully saturated rings. The lowest BCUT2D eigenvalue weighted by Gasteiger charge is -2.02. The Hall–Kier alpha value is -1.46. The van der Waals surface area contributed by atoms with Crippen molar-refractivity contribution in [2.24, 2.45) is 0 Å². The molecule has 15 heavy (non-hydrogen) atoms.